The number of methoxy groups -OCH3 is 1. The number of esters is 1. The predicted molar refractivity (Wildman–Crippen MR) is 77.8 cm³/mol. The molecule has 0 spiro atoms. The lowest BCUT2D eigenvalue weighted by atomic mass is 10.1. The number of aryl methyl sites for hydroxylation is 1. The van der Waals surface area contributed by atoms with E-state index in [1.165, 1.54) is 7.11 Å². The Morgan fingerprint density at radius 2 is 2.05 bits per heavy atom. The Morgan fingerprint density at radius 3 is 2.67 bits per heavy atom. The molecule has 2 aromatic rings. The molecule has 0 aliphatic heterocycles. The molecule has 0 bridgehead atoms. The van der Waals surface area contributed by atoms with Crippen molar-refractivity contribution in [3.05, 3.63) is 30.2 Å². The maximum Gasteiger partial charge on any atom is 0.360 e. The summed E-state index contributed by atoms with van der Waals surface area (Å²) in [5.41, 5.74) is 1.75. The van der Waals surface area contributed by atoms with E-state index in [1.54, 1.807) is 17.1 Å². The van der Waals surface area contributed by atoms with E-state index >= 15 is 0 Å². The van der Waals surface area contributed by atoms with Gasteiger partial charge in [0.15, 0.2) is 5.69 Å². The Hall–Kier alpha value is -2.28. The van der Waals surface area contributed by atoms with Crippen LogP contribution in [-0.2, 0) is 11.3 Å². The number of hydrogen-bond acceptors (Lipinski definition) is 6. The highest BCUT2D eigenvalue weighted by atomic mass is 16.5. The highest BCUT2D eigenvalue weighted by Crippen LogP contribution is 2.22. The molecular formula is C14H19N5O2. The number of aromatic nitrogens is 4. The Morgan fingerprint density at radius 1 is 1.33 bits per heavy atom. The van der Waals surface area contributed by atoms with Crippen LogP contribution in [0.4, 0.5) is 0 Å². The van der Waals surface area contributed by atoms with Gasteiger partial charge in [-0.25, -0.2) is 9.48 Å². The summed E-state index contributed by atoms with van der Waals surface area (Å²) in [6, 6.07) is 3.65. The van der Waals surface area contributed by atoms with Crippen molar-refractivity contribution in [2.75, 3.05) is 27.7 Å². The van der Waals surface area contributed by atoms with E-state index in [1.807, 2.05) is 26.2 Å². The summed E-state index contributed by atoms with van der Waals surface area (Å²) in [6.07, 6.45) is 4.26. The van der Waals surface area contributed by atoms with Crippen LogP contribution in [0, 0.1) is 0 Å². The zero-order valence-corrected chi connectivity index (χ0v) is 12.5. The molecule has 0 saturated carbocycles. The van der Waals surface area contributed by atoms with Gasteiger partial charge in [-0.15, -0.1) is 5.10 Å². The summed E-state index contributed by atoms with van der Waals surface area (Å²) >= 11 is 0. The third kappa shape index (κ3) is 3.63. The lowest BCUT2D eigenvalue weighted by molar-refractivity contribution is 0.0595. The topological polar surface area (TPSA) is 73.1 Å². The first kappa shape index (κ1) is 15.1. The highest BCUT2D eigenvalue weighted by molar-refractivity contribution is 5.93. The molecule has 21 heavy (non-hydrogen) atoms. The highest BCUT2D eigenvalue weighted by Gasteiger charge is 2.21. The van der Waals surface area contributed by atoms with Crippen LogP contribution in [0.15, 0.2) is 24.5 Å². The normalized spacial score (nSPS) is 10.9. The quantitative estimate of drug-likeness (QED) is 0.741. The van der Waals surface area contributed by atoms with E-state index in [2.05, 4.69) is 20.2 Å². The molecule has 0 N–H and O–H groups in total. The molecule has 0 amide bonds. The van der Waals surface area contributed by atoms with Gasteiger partial charge in [0.25, 0.3) is 0 Å². The van der Waals surface area contributed by atoms with Gasteiger partial charge in [0, 0.05) is 24.5 Å². The number of carbonyl (C=O) groups is 1. The number of carbonyl (C=O) groups excluding carboxylic acids is 1. The van der Waals surface area contributed by atoms with Crippen molar-refractivity contribution in [1.29, 1.82) is 0 Å². The number of nitrogens with zero attached hydrogens (tertiary/aromatic N) is 5. The third-order valence-electron chi connectivity index (χ3n) is 3.04. The first-order valence-electron chi connectivity index (χ1n) is 6.70. The van der Waals surface area contributed by atoms with Crippen LogP contribution in [0.3, 0.4) is 0 Å². The van der Waals surface area contributed by atoms with Gasteiger partial charge in [0.05, 0.1) is 7.11 Å². The molecule has 2 aromatic heterocycles. The fraction of sp³-hybridized carbons (Fsp3) is 0.429. The van der Waals surface area contributed by atoms with Gasteiger partial charge in [0.1, 0.15) is 5.69 Å². The van der Waals surface area contributed by atoms with Crippen molar-refractivity contribution >= 4 is 5.97 Å². The lowest BCUT2D eigenvalue weighted by Gasteiger charge is -2.11. The van der Waals surface area contributed by atoms with Crippen LogP contribution in [0.2, 0.25) is 0 Å². The number of hydrogen-bond donors (Lipinski definition) is 0. The van der Waals surface area contributed by atoms with Crippen molar-refractivity contribution in [3.63, 3.8) is 0 Å². The maximum absolute atomic E-state index is 11.8. The van der Waals surface area contributed by atoms with Gasteiger partial charge in [-0.3, -0.25) is 4.98 Å². The Labute approximate surface area is 123 Å². The SMILES string of the molecule is COC(=O)c1nnn(CCCN(C)C)c1-c1ccncc1. The number of ether oxygens (including phenoxy) is 1. The van der Waals surface area contributed by atoms with Crippen LogP contribution in [0.5, 0.6) is 0 Å². The molecule has 0 radical (unpaired) electrons. The standard InChI is InChI=1S/C14H19N5O2/c1-18(2)9-4-10-19-13(11-5-7-15-8-6-11)12(16-17-19)14(20)21-3/h5-8H,4,9-10H2,1-3H3. The molecule has 0 aromatic carbocycles. The molecule has 2 rings (SSSR count). The van der Waals surface area contributed by atoms with Crippen molar-refractivity contribution in [1.82, 2.24) is 24.9 Å². The largest absolute Gasteiger partial charge is 0.464 e. The van der Waals surface area contributed by atoms with E-state index in [-0.39, 0.29) is 5.69 Å². The summed E-state index contributed by atoms with van der Waals surface area (Å²) < 4.78 is 6.52. The maximum atomic E-state index is 11.8. The Bertz CT molecular complexity index is 595. The van der Waals surface area contributed by atoms with Gasteiger partial charge >= 0.3 is 5.97 Å². The summed E-state index contributed by atoms with van der Waals surface area (Å²) in [5.74, 6) is -0.485. The van der Waals surface area contributed by atoms with Gasteiger partial charge in [-0.2, -0.15) is 0 Å². The van der Waals surface area contributed by atoms with Crippen molar-refractivity contribution in [2.45, 2.75) is 13.0 Å². The smallest absolute Gasteiger partial charge is 0.360 e. The number of rotatable bonds is 6. The van der Waals surface area contributed by atoms with E-state index < -0.39 is 5.97 Å². The molecular weight excluding hydrogens is 270 g/mol. The van der Waals surface area contributed by atoms with E-state index in [4.69, 9.17) is 4.74 Å². The minimum atomic E-state index is -0.485. The average Bonchev–Trinajstić information content (AvgIpc) is 2.91. The molecule has 112 valence electrons. The molecule has 0 atom stereocenters. The Balaban J connectivity index is 2.33. The molecule has 0 unspecified atom stereocenters. The van der Waals surface area contributed by atoms with Gasteiger partial charge in [0.2, 0.25) is 0 Å². The minimum Gasteiger partial charge on any atom is -0.464 e. The monoisotopic (exact) mass is 289 g/mol. The summed E-state index contributed by atoms with van der Waals surface area (Å²) in [5, 5.41) is 8.05. The zero-order valence-electron chi connectivity index (χ0n) is 12.5. The van der Waals surface area contributed by atoms with Gasteiger partial charge in [-0.05, 0) is 39.2 Å². The molecule has 7 heteroatoms. The molecule has 0 saturated heterocycles. The first-order chi connectivity index (χ1) is 10.1. The summed E-state index contributed by atoms with van der Waals surface area (Å²) in [4.78, 5) is 17.9. The minimum absolute atomic E-state index is 0.230. The van der Waals surface area contributed by atoms with Gasteiger partial charge in [-0.1, -0.05) is 5.21 Å². The molecule has 0 fully saturated rings. The number of pyridine rings is 1. The van der Waals surface area contributed by atoms with Gasteiger partial charge < -0.3 is 9.64 Å². The van der Waals surface area contributed by atoms with Crippen molar-refractivity contribution in [3.8, 4) is 11.3 Å². The van der Waals surface area contributed by atoms with Crippen LogP contribution in [0.1, 0.15) is 16.9 Å². The van der Waals surface area contributed by atoms with Crippen LogP contribution < -0.4 is 0 Å². The summed E-state index contributed by atoms with van der Waals surface area (Å²) in [7, 11) is 5.37. The van der Waals surface area contributed by atoms with E-state index in [0.29, 0.717) is 12.2 Å². The molecule has 0 aliphatic carbocycles. The Kier molecular flexibility index (Phi) is 4.99. The van der Waals surface area contributed by atoms with Crippen molar-refractivity contribution < 1.29 is 9.53 Å². The lowest BCUT2D eigenvalue weighted by Crippen LogP contribution is -2.16. The fourth-order valence-electron chi connectivity index (χ4n) is 2.04. The first-order valence-corrected chi connectivity index (χ1v) is 6.70. The molecule has 2 heterocycles. The predicted octanol–water partition coefficient (Wildman–Crippen LogP) is 1.08. The average molecular weight is 289 g/mol. The van der Waals surface area contributed by atoms with Crippen molar-refractivity contribution in [2.24, 2.45) is 0 Å². The van der Waals surface area contributed by atoms with E-state index in [9.17, 15) is 4.79 Å². The third-order valence-corrected chi connectivity index (χ3v) is 3.04. The second kappa shape index (κ2) is 6.94. The second-order valence-electron chi connectivity index (χ2n) is 4.89. The second-order valence-corrected chi connectivity index (χ2v) is 4.89. The van der Waals surface area contributed by atoms with Crippen LogP contribution in [0.25, 0.3) is 11.3 Å². The van der Waals surface area contributed by atoms with E-state index in [0.717, 1.165) is 18.5 Å². The van der Waals surface area contributed by atoms with Crippen LogP contribution in [-0.4, -0.2) is 58.6 Å². The zero-order chi connectivity index (χ0) is 15.2. The molecule has 0 aliphatic rings. The molecule has 7 nitrogen and oxygen atoms in total. The van der Waals surface area contributed by atoms with Crippen LogP contribution >= 0.6 is 0 Å². The summed E-state index contributed by atoms with van der Waals surface area (Å²) in [6.45, 7) is 1.61. The fourth-order valence-corrected chi connectivity index (χ4v) is 2.04.